The van der Waals surface area contributed by atoms with E-state index in [2.05, 4.69) is 0 Å². The highest BCUT2D eigenvalue weighted by atomic mass is 16.5. The lowest BCUT2D eigenvalue weighted by molar-refractivity contribution is -0.152. The van der Waals surface area contributed by atoms with E-state index in [1.165, 1.54) is 6.42 Å². The van der Waals surface area contributed by atoms with Crippen molar-refractivity contribution in [2.24, 2.45) is 5.92 Å². The number of carbonyl (C=O) groups excluding carboxylic acids is 1. The van der Waals surface area contributed by atoms with Crippen molar-refractivity contribution in [3.05, 3.63) is 0 Å². The third-order valence-electron chi connectivity index (χ3n) is 2.38. The standard InChI is InChI=1S/C10H15NO2/c1-8(7-11)10(12)13-9-5-3-2-4-6-9/h8-9H,2-6H2,1H3. The third kappa shape index (κ3) is 3.06. The largest absolute Gasteiger partial charge is 0.461 e. The van der Waals surface area contributed by atoms with Crippen molar-refractivity contribution >= 4 is 5.97 Å². The molecule has 1 fully saturated rings. The summed E-state index contributed by atoms with van der Waals surface area (Å²) in [6.45, 7) is 1.57. The maximum atomic E-state index is 11.2. The first-order valence-electron chi connectivity index (χ1n) is 4.84. The molecule has 72 valence electrons. The second-order valence-electron chi connectivity index (χ2n) is 3.55. The third-order valence-corrected chi connectivity index (χ3v) is 2.38. The van der Waals surface area contributed by atoms with Crippen molar-refractivity contribution in [1.29, 1.82) is 5.26 Å². The van der Waals surface area contributed by atoms with Crippen LogP contribution in [0.1, 0.15) is 39.0 Å². The van der Waals surface area contributed by atoms with E-state index >= 15 is 0 Å². The van der Waals surface area contributed by atoms with Gasteiger partial charge in [0.15, 0.2) is 0 Å². The number of nitriles is 1. The predicted molar refractivity (Wildman–Crippen MR) is 47.7 cm³/mol. The first-order valence-corrected chi connectivity index (χ1v) is 4.84. The first-order chi connectivity index (χ1) is 6.24. The number of nitrogens with zero attached hydrogens (tertiary/aromatic N) is 1. The van der Waals surface area contributed by atoms with Crippen LogP contribution in [0.5, 0.6) is 0 Å². The molecule has 0 bridgehead atoms. The van der Waals surface area contributed by atoms with Crippen LogP contribution in [0.15, 0.2) is 0 Å². The molecule has 3 heteroatoms. The molecule has 0 aromatic carbocycles. The number of esters is 1. The molecule has 0 N–H and O–H groups in total. The molecule has 1 saturated carbocycles. The molecule has 0 amide bonds. The van der Waals surface area contributed by atoms with Crippen molar-refractivity contribution in [2.45, 2.75) is 45.1 Å². The highest BCUT2D eigenvalue weighted by Crippen LogP contribution is 2.21. The van der Waals surface area contributed by atoms with Gasteiger partial charge in [0, 0.05) is 0 Å². The minimum absolute atomic E-state index is 0.0667. The second kappa shape index (κ2) is 4.86. The maximum Gasteiger partial charge on any atom is 0.323 e. The van der Waals surface area contributed by atoms with Gasteiger partial charge in [-0.1, -0.05) is 6.42 Å². The van der Waals surface area contributed by atoms with Crippen molar-refractivity contribution in [3.63, 3.8) is 0 Å². The summed E-state index contributed by atoms with van der Waals surface area (Å²) < 4.78 is 5.18. The molecule has 1 atom stereocenters. The van der Waals surface area contributed by atoms with Crippen LogP contribution in [0.25, 0.3) is 0 Å². The topological polar surface area (TPSA) is 50.1 Å². The Morgan fingerprint density at radius 3 is 2.62 bits per heavy atom. The molecule has 0 spiro atoms. The zero-order valence-electron chi connectivity index (χ0n) is 7.95. The average molecular weight is 181 g/mol. The molecule has 0 aromatic heterocycles. The van der Waals surface area contributed by atoms with Gasteiger partial charge in [0.2, 0.25) is 0 Å². The summed E-state index contributed by atoms with van der Waals surface area (Å²) in [5, 5.41) is 8.48. The molecule has 0 aromatic rings. The van der Waals surface area contributed by atoms with Crippen LogP contribution in [0, 0.1) is 17.2 Å². The minimum atomic E-state index is -0.623. The van der Waals surface area contributed by atoms with E-state index in [1.807, 2.05) is 6.07 Å². The van der Waals surface area contributed by atoms with E-state index in [0.717, 1.165) is 25.7 Å². The van der Waals surface area contributed by atoms with Gasteiger partial charge >= 0.3 is 5.97 Å². The number of hydrogen-bond donors (Lipinski definition) is 0. The molecular formula is C10H15NO2. The lowest BCUT2D eigenvalue weighted by Gasteiger charge is -2.22. The molecule has 1 aliphatic carbocycles. The summed E-state index contributed by atoms with van der Waals surface area (Å²) in [6, 6.07) is 1.88. The molecule has 1 unspecified atom stereocenters. The number of hydrogen-bond acceptors (Lipinski definition) is 3. The van der Waals surface area contributed by atoms with Crippen LogP contribution in [0.4, 0.5) is 0 Å². The Hall–Kier alpha value is -1.04. The number of carbonyl (C=O) groups is 1. The quantitative estimate of drug-likeness (QED) is 0.612. The normalized spacial score (nSPS) is 20.3. The fraction of sp³-hybridized carbons (Fsp3) is 0.800. The van der Waals surface area contributed by atoms with Crippen LogP contribution in [-0.4, -0.2) is 12.1 Å². The Morgan fingerprint density at radius 1 is 1.46 bits per heavy atom. The molecule has 0 radical (unpaired) electrons. The van der Waals surface area contributed by atoms with Gasteiger partial charge in [0.1, 0.15) is 12.0 Å². The van der Waals surface area contributed by atoms with Gasteiger partial charge in [-0.15, -0.1) is 0 Å². The Labute approximate surface area is 78.7 Å². The number of rotatable bonds is 2. The van der Waals surface area contributed by atoms with Gasteiger partial charge in [-0.05, 0) is 32.6 Å². The van der Waals surface area contributed by atoms with Crippen LogP contribution < -0.4 is 0 Å². The average Bonchev–Trinajstić information content (AvgIpc) is 2.18. The smallest absolute Gasteiger partial charge is 0.323 e. The van der Waals surface area contributed by atoms with Gasteiger partial charge in [-0.3, -0.25) is 4.79 Å². The van der Waals surface area contributed by atoms with E-state index < -0.39 is 5.92 Å². The SMILES string of the molecule is CC(C#N)C(=O)OC1CCCCC1. The van der Waals surface area contributed by atoms with E-state index in [0.29, 0.717) is 0 Å². The summed E-state index contributed by atoms with van der Waals surface area (Å²) in [5.74, 6) is -0.990. The number of ether oxygens (including phenoxy) is 1. The zero-order valence-corrected chi connectivity index (χ0v) is 7.95. The lowest BCUT2D eigenvalue weighted by atomic mass is 9.98. The summed E-state index contributed by atoms with van der Waals surface area (Å²) in [5.41, 5.74) is 0. The van der Waals surface area contributed by atoms with Crippen molar-refractivity contribution in [2.75, 3.05) is 0 Å². The minimum Gasteiger partial charge on any atom is -0.461 e. The van der Waals surface area contributed by atoms with Gasteiger partial charge in [0.25, 0.3) is 0 Å². The fourth-order valence-electron chi connectivity index (χ4n) is 1.50. The summed E-state index contributed by atoms with van der Waals surface area (Å²) in [6.07, 6.45) is 5.50. The van der Waals surface area contributed by atoms with E-state index in [-0.39, 0.29) is 12.1 Å². The Bertz CT molecular complexity index is 213. The van der Waals surface area contributed by atoms with Crippen LogP contribution in [-0.2, 0) is 9.53 Å². The van der Waals surface area contributed by atoms with Crippen molar-refractivity contribution in [1.82, 2.24) is 0 Å². The Kier molecular flexibility index (Phi) is 3.75. The van der Waals surface area contributed by atoms with Crippen molar-refractivity contribution < 1.29 is 9.53 Å². The monoisotopic (exact) mass is 181 g/mol. The highest BCUT2D eigenvalue weighted by Gasteiger charge is 2.20. The maximum absolute atomic E-state index is 11.2. The molecular weight excluding hydrogens is 166 g/mol. The van der Waals surface area contributed by atoms with E-state index in [4.69, 9.17) is 10.00 Å². The van der Waals surface area contributed by atoms with Gasteiger partial charge in [0.05, 0.1) is 6.07 Å². The van der Waals surface area contributed by atoms with E-state index in [9.17, 15) is 4.79 Å². The Balaban J connectivity index is 2.31. The molecule has 0 aliphatic heterocycles. The summed E-state index contributed by atoms with van der Waals surface area (Å²) >= 11 is 0. The summed E-state index contributed by atoms with van der Waals surface area (Å²) in [4.78, 5) is 11.2. The fourth-order valence-corrected chi connectivity index (χ4v) is 1.50. The van der Waals surface area contributed by atoms with Gasteiger partial charge < -0.3 is 4.74 Å². The molecule has 1 rings (SSSR count). The van der Waals surface area contributed by atoms with Gasteiger partial charge in [-0.25, -0.2) is 0 Å². The van der Waals surface area contributed by atoms with Crippen LogP contribution >= 0.6 is 0 Å². The molecule has 3 nitrogen and oxygen atoms in total. The van der Waals surface area contributed by atoms with Gasteiger partial charge in [-0.2, -0.15) is 5.26 Å². The first kappa shape index (κ1) is 10.0. The van der Waals surface area contributed by atoms with Crippen LogP contribution in [0.2, 0.25) is 0 Å². The Morgan fingerprint density at radius 2 is 2.08 bits per heavy atom. The molecule has 0 saturated heterocycles. The molecule has 13 heavy (non-hydrogen) atoms. The molecule has 0 heterocycles. The molecule has 1 aliphatic rings. The summed E-state index contributed by atoms with van der Waals surface area (Å²) in [7, 11) is 0. The highest BCUT2D eigenvalue weighted by molar-refractivity contribution is 5.74. The van der Waals surface area contributed by atoms with Crippen molar-refractivity contribution in [3.8, 4) is 6.07 Å². The van der Waals surface area contributed by atoms with E-state index in [1.54, 1.807) is 6.92 Å². The zero-order chi connectivity index (χ0) is 9.68. The second-order valence-corrected chi connectivity index (χ2v) is 3.55. The lowest BCUT2D eigenvalue weighted by Crippen LogP contribution is -2.24. The van der Waals surface area contributed by atoms with Crippen LogP contribution in [0.3, 0.4) is 0 Å². The predicted octanol–water partition coefficient (Wildman–Crippen LogP) is 2.02.